The van der Waals surface area contributed by atoms with Crippen LogP contribution in [0.3, 0.4) is 0 Å². The van der Waals surface area contributed by atoms with Crippen LogP contribution >= 0.6 is 11.6 Å². The molecule has 1 atom stereocenters. The summed E-state index contributed by atoms with van der Waals surface area (Å²) >= 11 is 6.35. The van der Waals surface area contributed by atoms with Gasteiger partial charge in [-0.2, -0.15) is 13.2 Å². The Hall–Kier alpha value is -3.28. The van der Waals surface area contributed by atoms with E-state index in [1.165, 1.54) is 11.6 Å². The van der Waals surface area contributed by atoms with E-state index in [0.29, 0.717) is 25.1 Å². The highest BCUT2D eigenvalue weighted by molar-refractivity contribution is 6.32. The van der Waals surface area contributed by atoms with Crippen LogP contribution in [0.1, 0.15) is 54.0 Å². The first-order valence-corrected chi connectivity index (χ1v) is 14.0. The summed E-state index contributed by atoms with van der Waals surface area (Å²) in [5.74, 6) is 0.849. The first kappa shape index (κ1) is 29.7. The molecule has 0 radical (unpaired) electrons. The minimum absolute atomic E-state index is 0.00916. The summed E-state index contributed by atoms with van der Waals surface area (Å²) < 4.78 is 47.0. The number of hydrogen-bond acceptors (Lipinski definition) is 2. The Bertz CT molecular complexity index is 1300. The molecule has 6 heteroatoms. The van der Waals surface area contributed by atoms with Crippen molar-refractivity contribution in [2.75, 3.05) is 13.2 Å². The van der Waals surface area contributed by atoms with Crippen LogP contribution in [0.5, 0.6) is 5.75 Å². The van der Waals surface area contributed by atoms with Gasteiger partial charge in [0.25, 0.3) is 0 Å². The Labute approximate surface area is 240 Å². The van der Waals surface area contributed by atoms with Crippen molar-refractivity contribution in [1.82, 2.24) is 4.90 Å². The fourth-order valence-corrected chi connectivity index (χ4v) is 5.23. The van der Waals surface area contributed by atoms with Crippen molar-refractivity contribution in [3.63, 3.8) is 0 Å². The molecule has 0 aliphatic heterocycles. The molecule has 0 aliphatic rings. The third-order valence-corrected chi connectivity index (χ3v) is 7.76. The van der Waals surface area contributed by atoms with E-state index in [0.717, 1.165) is 29.4 Å². The summed E-state index contributed by atoms with van der Waals surface area (Å²) in [5.41, 5.74) is 3.16. The van der Waals surface area contributed by atoms with Crippen LogP contribution in [0.4, 0.5) is 13.2 Å². The monoisotopic (exact) mass is 565 g/mol. The van der Waals surface area contributed by atoms with Crippen LogP contribution in [0, 0.1) is 0 Å². The zero-order chi connectivity index (χ0) is 28.5. The molecule has 0 aromatic heterocycles. The van der Waals surface area contributed by atoms with E-state index in [1.54, 1.807) is 6.07 Å². The second-order valence-electron chi connectivity index (χ2n) is 10.1. The number of halogens is 4. The molecule has 210 valence electrons. The van der Waals surface area contributed by atoms with Crippen molar-refractivity contribution in [3.8, 4) is 5.75 Å². The highest BCUT2D eigenvalue weighted by Gasteiger charge is 2.34. The van der Waals surface area contributed by atoms with E-state index < -0.39 is 11.7 Å². The second-order valence-corrected chi connectivity index (χ2v) is 10.4. The van der Waals surface area contributed by atoms with Crippen LogP contribution in [0.15, 0.2) is 103 Å². The second kappa shape index (κ2) is 13.9. The van der Waals surface area contributed by atoms with Crippen LogP contribution in [-0.4, -0.2) is 24.1 Å². The number of aryl methyl sites for hydroxylation is 1. The quantitative estimate of drug-likeness (QED) is 0.170. The summed E-state index contributed by atoms with van der Waals surface area (Å²) in [6.07, 6.45) is -2.89. The molecule has 4 rings (SSSR count). The first-order chi connectivity index (χ1) is 19.3. The molecule has 1 unspecified atom stereocenters. The van der Waals surface area contributed by atoms with Gasteiger partial charge >= 0.3 is 6.18 Å². The molecule has 2 nitrogen and oxygen atoms in total. The van der Waals surface area contributed by atoms with Crippen LogP contribution in [0.25, 0.3) is 0 Å². The van der Waals surface area contributed by atoms with E-state index in [-0.39, 0.29) is 23.5 Å². The van der Waals surface area contributed by atoms with E-state index >= 15 is 0 Å². The van der Waals surface area contributed by atoms with Gasteiger partial charge in [0.1, 0.15) is 5.75 Å². The first-order valence-electron chi connectivity index (χ1n) is 13.7. The maximum absolute atomic E-state index is 13.6. The lowest BCUT2D eigenvalue weighted by Gasteiger charge is -2.34. The maximum Gasteiger partial charge on any atom is 0.417 e. The molecule has 0 heterocycles. The van der Waals surface area contributed by atoms with E-state index in [1.807, 2.05) is 54.6 Å². The summed E-state index contributed by atoms with van der Waals surface area (Å²) in [6, 6.07) is 32.6. The Morgan fingerprint density at radius 2 is 1.45 bits per heavy atom. The van der Waals surface area contributed by atoms with Gasteiger partial charge in [0.2, 0.25) is 0 Å². The highest BCUT2D eigenvalue weighted by Crippen LogP contribution is 2.37. The lowest BCUT2D eigenvalue weighted by molar-refractivity contribution is -0.137. The maximum atomic E-state index is 13.6. The minimum atomic E-state index is -4.51. The Morgan fingerprint density at radius 3 is 2.05 bits per heavy atom. The van der Waals surface area contributed by atoms with Gasteiger partial charge in [-0.05, 0) is 60.2 Å². The predicted octanol–water partition coefficient (Wildman–Crippen LogP) is 9.41. The Kier molecular flexibility index (Phi) is 10.3. The molecule has 0 amide bonds. The molecule has 0 spiro atoms. The van der Waals surface area contributed by atoms with Crippen molar-refractivity contribution in [3.05, 3.63) is 136 Å². The number of nitrogens with zero attached hydrogens (tertiary/aromatic N) is 1. The van der Waals surface area contributed by atoms with Crippen LogP contribution < -0.4 is 4.74 Å². The van der Waals surface area contributed by atoms with Crippen molar-refractivity contribution in [2.24, 2.45) is 0 Å². The number of benzene rings is 4. The Balaban J connectivity index is 1.61. The minimum Gasteiger partial charge on any atom is -0.494 e. The van der Waals surface area contributed by atoms with Crippen LogP contribution in [-0.2, 0) is 19.1 Å². The lowest BCUT2D eigenvalue weighted by Crippen LogP contribution is -2.37. The van der Waals surface area contributed by atoms with E-state index in [4.69, 9.17) is 16.3 Å². The van der Waals surface area contributed by atoms with Gasteiger partial charge in [-0.15, -0.1) is 0 Å². The number of alkyl halides is 3. The summed E-state index contributed by atoms with van der Waals surface area (Å²) in [5, 5.41) is -0.240. The smallest absolute Gasteiger partial charge is 0.417 e. The molecule has 0 fully saturated rings. The fourth-order valence-electron chi connectivity index (χ4n) is 4.93. The molecule has 0 saturated carbocycles. The number of rotatable bonds is 12. The van der Waals surface area contributed by atoms with Gasteiger partial charge in [0.15, 0.2) is 0 Å². The Morgan fingerprint density at radius 1 is 0.825 bits per heavy atom. The molecular weight excluding hydrogens is 531 g/mol. The molecule has 0 N–H and O–H groups in total. The van der Waals surface area contributed by atoms with Gasteiger partial charge in [-0.3, -0.25) is 4.90 Å². The predicted molar refractivity (Wildman–Crippen MR) is 157 cm³/mol. The summed E-state index contributed by atoms with van der Waals surface area (Å²) in [6.45, 7) is 5.58. The molecule has 0 aliphatic carbocycles. The van der Waals surface area contributed by atoms with Crippen LogP contribution in [0.2, 0.25) is 5.02 Å². The zero-order valence-corrected chi connectivity index (χ0v) is 23.6. The zero-order valence-electron chi connectivity index (χ0n) is 22.9. The summed E-state index contributed by atoms with van der Waals surface area (Å²) in [7, 11) is 0. The topological polar surface area (TPSA) is 12.5 Å². The SMILES string of the molecule is CCc1cccc(OCCC(C)N(Cc2cccc(C(F)(F)F)c2Cl)CC(c2ccccc2)c2ccccc2)c1. The van der Waals surface area contributed by atoms with Gasteiger partial charge in [-0.1, -0.05) is 103 Å². The standard InChI is InChI=1S/C34H35ClF3NO/c1-3-26-12-10-18-30(22-26)40-21-20-25(2)39(23-29-17-11-19-32(33(29)35)34(36,37)38)24-31(27-13-6-4-7-14-27)28-15-8-5-9-16-28/h4-19,22,25,31H,3,20-21,23-24H2,1-2H3. The van der Waals surface area contributed by atoms with E-state index in [9.17, 15) is 13.2 Å². The molecule has 4 aromatic rings. The molecule has 0 bridgehead atoms. The van der Waals surface area contributed by atoms with Gasteiger partial charge in [0, 0.05) is 25.0 Å². The van der Waals surface area contributed by atoms with Crippen molar-refractivity contribution >= 4 is 11.6 Å². The number of hydrogen-bond donors (Lipinski definition) is 0. The van der Waals surface area contributed by atoms with E-state index in [2.05, 4.69) is 49.1 Å². The largest absolute Gasteiger partial charge is 0.494 e. The fraction of sp³-hybridized carbons (Fsp3) is 0.294. The number of ether oxygens (including phenoxy) is 1. The van der Waals surface area contributed by atoms with Gasteiger partial charge in [0.05, 0.1) is 17.2 Å². The van der Waals surface area contributed by atoms with Crippen molar-refractivity contribution in [1.29, 1.82) is 0 Å². The molecular formula is C34H35ClF3NO. The lowest BCUT2D eigenvalue weighted by atomic mass is 9.90. The summed E-state index contributed by atoms with van der Waals surface area (Å²) in [4.78, 5) is 2.22. The van der Waals surface area contributed by atoms with Gasteiger partial charge in [-0.25, -0.2) is 0 Å². The average Bonchev–Trinajstić information content (AvgIpc) is 2.96. The molecule has 0 saturated heterocycles. The van der Waals surface area contributed by atoms with Crippen molar-refractivity contribution < 1.29 is 17.9 Å². The third-order valence-electron chi connectivity index (χ3n) is 7.31. The average molecular weight is 566 g/mol. The van der Waals surface area contributed by atoms with Crippen molar-refractivity contribution in [2.45, 2.75) is 51.4 Å². The third kappa shape index (κ3) is 7.89. The molecule has 4 aromatic carbocycles. The normalized spacial score (nSPS) is 12.6. The highest BCUT2D eigenvalue weighted by atomic mass is 35.5. The van der Waals surface area contributed by atoms with Gasteiger partial charge < -0.3 is 4.74 Å². The molecule has 40 heavy (non-hydrogen) atoms.